The third kappa shape index (κ3) is 4.81. The first-order valence-corrected chi connectivity index (χ1v) is 8.83. The third-order valence-electron chi connectivity index (χ3n) is 4.12. The molecule has 2 aromatic heterocycles. The highest BCUT2D eigenvalue weighted by Gasteiger charge is 2.08. The van der Waals surface area contributed by atoms with Gasteiger partial charge in [-0.15, -0.1) is 0 Å². The summed E-state index contributed by atoms with van der Waals surface area (Å²) >= 11 is 0. The average molecular weight is 383 g/mol. The number of urea groups is 1. The summed E-state index contributed by atoms with van der Waals surface area (Å²) in [7, 11) is 0. The molecule has 0 aliphatic carbocycles. The number of aryl methyl sites for hydroxylation is 2. The van der Waals surface area contributed by atoms with Gasteiger partial charge in [-0.25, -0.2) is 24.1 Å². The molecule has 0 spiro atoms. The molecule has 0 unspecified atom stereocenters. The fourth-order valence-electron chi connectivity index (χ4n) is 2.60. The molecule has 3 aromatic rings. The van der Waals surface area contributed by atoms with Crippen molar-refractivity contribution in [2.24, 2.45) is 0 Å². The lowest BCUT2D eigenvalue weighted by molar-refractivity contribution is 0.252. The molecule has 0 fully saturated rings. The summed E-state index contributed by atoms with van der Waals surface area (Å²) in [6, 6.07) is 7.14. The maximum absolute atomic E-state index is 13.1. The van der Waals surface area contributed by atoms with E-state index >= 15 is 0 Å². The van der Waals surface area contributed by atoms with E-state index in [1.165, 1.54) is 18.2 Å². The molecule has 146 valence electrons. The van der Waals surface area contributed by atoms with Gasteiger partial charge in [0.15, 0.2) is 0 Å². The molecular formula is C19H22FN7O. The van der Waals surface area contributed by atoms with Crippen molar-refractivity contribution in [3.05, 3.63) is 59.7 Å². The zero-order valence-electron chi connectivity index (χ0n) is 16.0. The maximum atomic E-state index is 13.1. The van der Waals surface area contributed by atoms with E-state index in [1.54, 1.807) is 12.4 Å². The Morgan fingerprint density at radius 3 is 2.68 bits per heavy atom. The summed E-state index contributed by atoms with van der Waals surface area (Å²) < 4.78 is 15.0. The molecule has 9 heteroatoms. The van der Waals surface area contributed by atoms with Crippen LogP contribution in [0.25, 0.3) is 5.82 Å². The van der Waals surface area contributed by atoms with Crippen LogP contribution in [0.2, 0.25) is 0 Å². The number of anilines is 2. The maximum Gasteiger partial charge on any atom is 0.319 e. The van der Waals surface area contributed by atoms with Crippen LogP contribution in [-0.2, 0) is 0 Å². The minimum Gasteiger partial charge on any atom is -0.368 e. The first-order chi connectivity index (χ1) is 13.4. The number of carbonyl (C=O) groups is 1. The van der Waals surface area contributed by atoms with E-state index in [9.17, 15) is 9.18 Å². The molecule has 0 aliphatic rings. The number of aromatic nitrogens is 4. The van der Waals surface area contributed by atoms with Crippen molar-refractivity contribution in [3.8, 4) is 5.82 Å². The highest BCUT2D eigenvalue weighted by Crippen LogP contribution is 2.15. The van der Waals surface area contributed by atoms with Gasteiger partial charge in [-0.05, 0) is 39.0 Å². The second-order valence-corrected chi connectivity index (χ2v) is 6.26. The summed E-state index contributed by atoms with van der Waals surface area (Å²) in [4.78, 5) is 25.0. The second-order valence-electron chi connectivity index (χ2n) is 6.26. The Morgan fingerprint density at radius 2 is 1.96 bits per heavy atom. The number of nitrogens with zero attached hydrogens (tertiary/aromatic N) is 4. The highest BCUT2D eigenvalue weighted by atomic mass is 19.1. The van der Waals surface area contributed by atoms with Crippen molar-refractivity contribution in [1.29, 1.82) is 0 Å². The normalized spacial score (nSPS) is 10.6. The summed E-state index contributed by atoms with van der Waals surface area (Å²) in [6.07, 6.45) is 1.73. The number of hydrogen-bond donors (Lipinski definition) is 3. The fraction of sp³-hybridized carbons (Fsp3) is 0.263. The number of halogens is 1. The Kier molecular flexibility index (Phi) is 5.83. The molecule has 0 aliphatic heterocycles. The van der Waals surface area contributed by atoms with Crippen molar-refractivity contribution in [2.45, 2.75) is 20.8 Å². The lowest BCUT2D eigenvalue weighted by Gasteiger charge is -2.11. The summed E-state index contributed by atoms with van der Waals surface area (Å²) in [6.45, 7) is 6.57. The predicted molar refractivity (Wildman–Crippen MR) is 105 cm³/mol. The van der Waals surface area contributed by atoms with Crippen molar-refractivity contribution in [3.63, 3.8) is 0 Å². The summed E-state index contributed by atoms with van der Waals surface area (Å²) in [5, 5.41) is 8.44. The Hall–Kier alpha value is -3.49. The molecule has 0 saturated carbocycles. The van der Waals surface area contributed by atoms with Gasteiger partial charge in [-0.1, -0.05) is 6.07 Å². The van der Waals surface area contributed by atoms with Crippen LogP contribution in [0.4, 0.5) is 20.7 Å². The molecule has 0 atom stereocenters. The van der Waals surface area contributed by atoms with E-state index in [4.69, 9.17) is 0 Å². The highest BCUT2D eigenvalue weighted by molar-refractivity contribution is 5.89. The van der Waals surface area contributed by atoms with Crippen molar-refractivity contribution in [1.82, 2.24) is 24.8 Å². The molecule has 8 nitrogen and oxygen atoms in total. The van der Waals surface area contributed by atoms with Crippen LogP contribution >= 0.6 is 0 Å². The molecule has 3 N–H and O–H groups in total. The van der Waals surface area contributed by atoms with Crippen molar-refractivity contribution in [2.75, 3.05) is 23.7 Å². The van der Waals surface area contributed by atoms with Crippen LogP contribution < -0.4 is 16.0 Å². The van der Waals surface area contributed by atoms with E-state index in [0.717, 1.165) is 17.2 Å². The number of carbonyl (C=O) groups excluding carboxylic acids is 1. The zero-order valence-corrected chi connectivity index (χ0v) is 16.0. The van der Waals surface area contributed by atoms with E-state index in [1.807, 2.05) is 31.4 Å². The van der Waals surface area contributed by atoms with Gasteiger partial charge in [-0.2, -0.15) is 0 Å². The number of nitrogens with one attached hydrogen (secondary N) is 3. The smallest absolute Gasteiger partial charge is 0.319 e. The lowest BCUT2D eigenvalue weighted by Crippen LogP contribution is -2.32. The van der Waals surface area contributed by atoms with Gasteiger partial charge in [0, 0.05) is 30.5 Å². The van der Waals surface area contributed by atoms with Gasteiger partial charge in [0.25, 0.3) is 0 Å². The molecular weight excluding hydrogens is 361 g/mol. The molecule has 0 saturated heterocycles. The van der Waals surface area contributed by atoms with Gasteiger partial charge < -0.3 is 16.0 Å². The Labute approximate surface area is 162 Å². The lowest BCUT2D eigenvalue weighted by atomic mass is 10.3. The first-order valence-electron chi connectivity index (χ1n) is 8.83. The molecule has 1 aromatic carbocycles. The van der Waals surface area contributed by atoms with E-state index in [0.29, 0.717) is 30.4 Å². The molecule has 3 rings (SSSR count). The van der Waals surface area contributed by atoms with E-state index in [2.05, 4.69) is 30.9 Å². The summed E-state index contributed by atoms with van der Waals surface area (Å²) in [5.74, 6) is 1.60. The third-order valence-corrected chi connectivity index (χ3v) is 4.12. The number of amides is 2. The zero-order chi connectivity index (χ0) is 20.1. The Balaban J connectivity index is 1.53. The SMILES string of the molecule is Cc1nc(NCCNC(=O)Nc2cccc(F)c2)cc(-n2cnc(C)c2C)n1. The molecule has 0 bridgehead atoms. The van der Waals surface area contributed by atoms with Crippen LogP contribution in [-0.4, -0.2) is 38.6 Å². The minimum atomic E-state index is -0.406. The van der Waals surface area contributed by atoms with Gasteiger partial charge in [0.2, 0.25) is 0 Å². The van der Waals surface area contributed by atoms with E-state index in [-0.39, 0.29) is 0 Å². The predicted octanol–water partition coefficient (Wildman–Crippen LogP) is 2.96. The minimum absolute atomic E-state index is 0.364. The number of imidazole rings is 1. The largest absolute Gasteiger partial charge is 0.368 e. The molecule has 2 heterocycles. The Bertz CT molecular complexity index is 986. The monoisotopic (exact) mass is 383 g/mol. The van der Waals surface area contributed by atoms with E-state index < -0.39 is 11.8 Å². The average Bonchev–Trinajstić information content (AvgIpc) is 2.97. The van der Waals surface area contributed by atoms with Crippen LogP contribution in [0.3, 0.4) is 0 Å². The van der Waals surface area contributed by atoms with Gasteiger partial charge in [-0.3, -0.25) is 4.57 Å². The first kappa shape index (κ1) is 19.3. The fourth-order valence-corrected chi connectivity index (χ4v) is 2.60. The Morgan fingerprint density at radius 1 is 1.14 bits per heavy atom. The number of benzene rings is 1. The quantitative estimate of drug-likeness (QED) is 0.569. The van der Waals surface area contributed by atoms with Crippen LogP contribution in [0.1, 0.15) is 17.2 Å². The topological polar surface area (TPSA) is 96.8 Å². The molecule has 0 radical (unpaired) electrons. The van der Waals surface area contributed by atoms with Gasteiger partial charge in [0.05, 0.1) is 5.69 Å². The van der Waals surface area contributed by atoms with Crippen molar-refractivity contribution < 1.29 is 9.18 Å². The standard InChI is InChI=1S/C19H22FN7O/c1-12-13(2)27(11-23-12)18-10-17(24-14(3)25-18)21-7-8-22-19(28)26-16-6-4-5-15(20)9-16/h4-6,9-11H,7-8H2,1-3H3,(H,21,24,25)(H2,22,26,28). The van der Waals surface area contributed by atoms with Crippen LogP contribution in [0.15, 0.2) is 36.7 Å². The van der Waals surface area contributed by atoms with Crippen molar-refractivity contribution >= 4 is 17.5 Å². The molecule has 2 amide bonds. The molecule has 28 heavy (non-hydrogen) atoms. The summed E-state index contributed by atoms with van der Waals surface area (Å²) in [5.41, 5.74) is 2.35. The van der Waals surface area contributed by atoms with Crippen LogP contribution in [0.5, 0.6) is 0 Å². The number of hydrogen-bond acceptors (Lipinski definition) is 5. The van der Waals surface area contributed by atoms with Gasteiger partial charge in [0.1, 0.15) is 29.6 Å². The number of rotatable bonds is 6. The second kappa shape index (κ2) is 8.47. The van der Waals surface area contributed by atoms with Gasteiger partial charge >= 0.3 is 6.03 Å². The van der Waals surface area contributed by atoms with Crippen LogP contribution in [0, 0.1) is 26.6 Å².